The van der Waals surface area contributed by atoms with E-state index < -0.39 is 0 Å². The summed E-state index contributed by atoms with van der Waals surface area (Å²) < 4.78 is 0. The lowest BCUT2D eigenvalue weighted by atomic mass is 10.1. The number of hydrogen-bond donors (Lipinski definition) is 0. The molecule has 21 heavy (non-hydrogen) atoms. The second kappa shape index (κ2) is 5.54. The van der Waals surface area contributed by atoms with Gasteiger partial charge in [0.2, 0.25) is 0 Å². The highest BCUT2D eigenvalue weighted by atomic mass is 16.6. The number of nitro benzene ring substituents is 1. The molecular weight excluding hydrogens is 264 g/mol. The zero-order chi connectivity index (χ0) is 14.7. The van der Waals surface area contributed by atoms with Gasteiger partial charge >= 0.3 is 0 Å². The Morgan fingerprint density at radius 2 is 1.62 bits per heavy atom. The van der Waals surface area contributed by atoms with E-state index in [2.05, 4.69) is 4.98 Å². The highest BCUT2D eigenvalue weighted by Gasteiger charge is 2.09. The lowest BCUT2D eigenvalue weighted by molar-refractivity contribution is -0.385. The molecule has 4 nitrogen and oxygen atoms in total. The van der Waals surface area contributed by atoms with Gasteiger partial charge in [0.1, 0.15) is 0 Å². The van der Waals surface area contributed by atoms with Crippen molar-refractivity contribution in [3.8, 4) is 0 Å². The molecule has 0 aliphatic heterocycles. The Hall–Kier alpha value is -3.01. The number of aromatic nitrogens is 1. The highest BCUT2D eigenvalue weighted by molar-refractivity contribution is 5.90. The molecule has 4 heteroatoms. The molecule has 0 aliphatic carbocycles. The monoisotopic (exact) mass is 276 g/mol. The number of fused-ring (bicyclic) bond motifs is 1. The van der Waals surface area contributed by atoms with Crippen LogP contribution in [0, 0.1) is 10.1 Å². The van der Waals surface area contributed by atoms with Crippen molar-refractivity contribution in [3.05, 3.63) is 82.0 Å². The van der Waals surface area contributed by atoms with Crippen LogP contribution in [0.25, 0.3) is 23.1 Å². The molecule has 0 saturated heterocycles. The first-order valence-electron chi connectivity index (χ1n) is 6.51. The van der Waals surface area contributed by atoms with Crippen LogP contribution in [0.4, 0.5) is 5.69 Å². The number of para-hydroxylation sites is 2. The minimum atomic E-state index is -0.371. The van der Waals surface area contributed by atoms with Gasteiger partial charge < -0.3 is 0 Å². The number of pyridine rings is 1. The summed E-state index contributed by atoms with van der Waals surface area (Å²) in [5.41, 5.74) is 2.58. The van der Waals surface area contributed by atoms with Gasteiger partial charge in [-0.1, -0.05) is 36.4 Å². The molecule has 2 aromatic carbocycles. The molecule has 0 saturated carbocycles. The van der Waals surface area contributed by atoms with E-state index in [-0.39, 0.29) is 10.6 Å². The van der Waals surface area contributed by atoms with Gasteiger partial charge in [0.15, 0.2) is 0 Å². The molecule has 3 aromatic rings. The number of hydrogen-bond acceptors (Lipinski definition) is 3. The topological polar surface area (TPSA) is 56.0 Å². The maximum Gasteiger partial charge on any atom is 0.276 e. The second-order valence-electron chi connectivity index (χ2n) is 4.57. The van der Waals surface area contributed by atoms with Gasteiger partial charge in [-0.2, -0.15) is 0 Å². The van der Waals surface area contributed by atoms with E-state index in [0.717, 1.165) is 16.5 Å². The zero-order valence-corrected chi connectivity index (χ0v) is 11.1. The second-order valence-corrected chi connectivity index (χ2v) is 4.57. The third-order valence-corrected chi connectivity index (χ3v) is 3.26. The summed E-state index contributed by atoms with van der Waals surface area (Å²) >= 11 is 0. The van der Waals surface area contributed by atoms with E-state index in [1.165, 1.54) is 6.07 Å². The first-order chi connectivity index (χ1) is 10.3. The Bertz CT molecular complexity index is 836. The van der Waals surface area contributed by atoms with Crippen LogP contribution in [-0.2, 0) is 0 Å². The predicted octanol–water partition coefficient (Wildman–Crippen LogP) is 4.31. The Labute approximate surface area is 121 Å². The Morgan fingerprint density at radius 3 is 2.48 bits per heavy atom. The van der Waals surface area contributed by atoms with Gasteiger partial charge in [-0.15, -0.1) is 0 Å². The van der Waals surface area contributed by atoms with E-state index in [9.17, 15) is 10.1 Å². The minimum Gasteiger partial charge on any atom is -0.258 e. The first kappa shape index (κ1) is 13.0. The normalized spacial score (nSPS) is 11.0. The Kier molecular flexibility index (Phi) is 3.43. The van der Waals surface area contributed by atoms with Gasteiger partial charge in [-0.25, -0.2) is 0 Å². The Balaban J connectivity index is 2.05. The maximum atomic E-state index is 11.0. The van der Waals surface area contributed by atoms with Gasteiger partial charge in [-0.3, -0.25) is 15.1 Å². The molecule has 0 radical (unpaired) electrons. The van der Waals surface area contributed by atoms with E-state index in [1.54, 1.807) is 30.5 Å². The van der Waals surface area contributed by atoms with Crippen LogP contribution in [0.3, 0.4) is 0 Å². The highest BCUT2D eigenvalue weighted by Crippen LogP contribution is 2.22. The smallest absolute Gasteiger partial charge is 0.258 e. The van der Waals surface area contributed by atoms with E-state index in [4.69, 9.17) is 0 Å². The molecule has 0 unspecified atom stereocenters. The largest absolute Gasteiger partial charge is 0.276 e. The van der Waals surface area contributed by atoms with Crippen molar-refractivity contribution in [2.45, 2.75) is 0 Å². The predicted molar refractivity (Wildman–Crippen MR) is 83.8 cm³/mol. The van der Waals surface area contributed by atoms with Crippen LogP contribution in [0.2, 0.25) is 0 Å². The molecule has 0 N–H and O–H groups in total. The first-order valence-corrected chi connectivity index (χ1v) is 6.51. The summed E-state index contributed by atoms with van der Waals surface area (Å²) in [6.07, 6.45) is 5.38. The SMILES string of the molecule is O=[N+]([O-])c1ccccc1/C=C\c1ccnc2ccccc12. The third-order valence-electron chi connectivity index (χ3n) is 3.26. The molecule has 1 heterocycles. The van der Waals surface area contributed by atoms with Crippen molar-refractivity contribution in [2.75, 3.05) is 0 Å². The van der Waals surface area contributed by atoms with Crippen LogP contribution in [0.1, 0.15) is 11.1 Å². The lowest BCUT2D eigenvalue weighted by Gasteiger charge is -2.01. The number of benzene rings is 2. The van der Waals surface area contributed by atoms with Gasteiger partial charge in [-0.05, 0) is 29.8 Å². The van der Waals surface area contributed by atoms with Gasteiger partial charge in [0, 0.05) is 17.6 Å². The molecule has 0 atom stereocenters. The molecule has 0 amide bonds. The number of nitrogens with zero attached hydrogens (tertiary/aromatic N) is 2. The average molecular weight is 276 g/mol. The molecule has 102 valence electrons. The van der Waals surface area contributed by atoms with Crippen molar-refractivity contribution in [1.82, 2.24) is 4.98 Å². The van der Waals surface area contributed by atoms with E-state index in [0.29, 0.717) is 5.56 Å². The number of nitro groups is 1. The standard InChI is InChI=1S/C17H12N2O2/c20-19(21)17-8-4-1-5-14(17)10-9-13-11-12-18-16-7-3-2-6-15(13)16/h1-12H/b10-9-. The maximum absolute atomic E-state index is 11.0. The summed E-state index contributed by atoms with van der Waals surface area (Å²) in [7, 11) is 0. The lowest BCUT2D eigenvalue weighted by Crippen LogP contribution is -1.90. The van der Waals surface area contributed by atoms with Crippen molar-refractivity contribution in [1.29, 1.82) is 0 Å². The van der Waals surface area contributed by atoms with E-state index >= 15 is 0 Å². The number of rotatable bonds is 3. The van der Waals surface area contributed by atoms with Crippen molar-refractivity contribution in [3.63, 3.8) is 0 Å². The summed E-state index contributed by atoms with van der Waals surface area (Å²) in [5.74, 6) is 0. The fraction of sp³-hybridized carbons (Fsp3) is 0. The van der Waals surface area contributed by atoms with Crippen LogP contribution < -0.4 is 0 Å². The van der Waals surface area contributed by atoms with Crippen LogP contribution in [0.15, 0.2) is 60.8 Å². The molecule has 1 aromatic heterocycles. The Morgan fingerprint density at radius 1 is 0.905 bits per heavy atom. The molecule has 3 rings (SSSR count). The minimum absolute atomic E-state index is 0.104. The third kappa shape index (κ3) is 2.65. The molecular formula is C17H12N2O2. The molecule has 0 bridgehead atoms. The van der Waals surface area contributed by atoms with Gasteiger partial charge in [0.25, 0.3) is 5.69 Å². The van der Waals surface area contributed by atoms with Crippen molar-refractivity contribution >= 4 is 28.7 Å². The van der Waals surface area contributed by atoms with E-state index in [1.807, 2.05) is 36.4 Å². The van der Waals surface area contributed by atoms with Crippen LogP contribution in [0.5, 0.6) is 0 Å². The molecule has 0 aliphatic rings. The average Bonchev–Trinajstić information content (AvgIpc) is 2.53. The summed E-state index contributed by atoms with van der Waals surface area (Å²) in [4.78, 5) is 14.9. The fourth-order valence-electron chi connectivity index (χ4n) is 2.24. The molecule has 0 spiro atoms. The summed E-state index contributed by atoms with van der Waals surface area (Å²) in [5, 5.41) is 12.0. The fourth-order valence-corrected chi connectivity index (χ4v) is 2.24. The quantitative estimate of drug-likeness (QED) is 0.529. The van der Waals surface area contributed by atoms with Crippen LogP contribution in [-0.4, -0.2) is 9.91 Å². The van der Waals surface area contributed by atoms with Crippen LogP contribution >= 0.6 is 0 Å². The molecule has 0 fully saturated rings. The summed E-state index contributed by atoms with van der Waals surface area (Å²) in [6.45, 7) is 0. The van der Waals surface area contributed by atoms with Crippen molar-refractivity contribution in [2.24, 2.45) is 0 Å². The van der Waals surface area contributed by atoms with Crippen molar-refractivity contribution < 1.29 is 4.92 Å². The summed E-state index contributed by atoms with van der Waals surface area (Å²) in [6, 6.07) is 16.4. The zero-order valence-electron chi connectivity index (χ0n) is 11.1. The van der Waals surface area contributed by atoms with Gasteiger partial charge in [0.05, 0.1) is 16.0 Å².